The molecule has 1 unspecified atom stereocenters. The highest BCUT2D eigenvalue weighted by atomic mass is 16.5. The van der Waals surface area contributed by atoms with Gasteiger partial charge in [-0.05, 0) is 71.8 Å². The summed E-state index contributed by atoms with van der Waals surface area (Å²) >= 11 is 0. The van der Waals surface area contributed by atoms with E-state index in [1.807, 2.05) is 18.2 Å². The van der Waals surface area contributed by atoms with Gasteiger partial charge in [0.2, 0.25) is 5.91 Å². The number of fused-ring (bicyclic) bond motifs is 1. The van der Waals surface area contributed by atoms with Crippen LogP contribution < -0.4 is 15.4 Å². The zero-order valence-corrected chi connectivity index (χ0v) is 24.0. The molecule has 1 fully saturated rings. The summed E-state index contributed by atoms with van der Waals surface area (Å²) in [6.45, 7) is 1.47. The molecule has 6 rings (SSSR count). The number of hydrogen-bond donors (Lipinski definition) is 2. The van der Waals surface area contributed by atoms with Crippen molar-refractivity contribution in [2.24, 2.45) is 0 Å². The van der Waals surface area contributed by atoms with Gasteiger partial charge in [0, 0.05) is 6.42 Å². The van der Waals surface area contributed by atoms with E-state index in [0.717, 1.165) is 60.8 Å². The van der Waals surface area contributed by atoms with Crippen molar-refractivity contribution in [1.29, 1.82) is 0 Å². The minimum absolute atomic E-state index is 0.0168. The van der Waals surface area contributed by atoms with Crippen molar-refractivity contribution >= 4 is 16.7 Å². The Balaban J connectivity index is 1.35. The Kier molecular flexibility index (Phi) is 8.56. The molecule has 2 atom stereocenters. The minimum Gasteiger partial charge on any atom is -0.497 e. The third-order valence-corrected chi connectivity index (χ3v) is 8.09. The van der Waals surface area contributed by atoms with Crippen LogP contribution in [0.5, 0.6) is 5.75 Å². The van der Waals surface area contributed by atoms with Crippen molar-refractivity contribution in [3.63, 3.8) is 0 Å². The highest BCUT2D eigenvalue weighted by Crippen LogP contribution is 2.24. The minimum atomic E-state index is -0.336. The van der Waals surface area contributed by atoms with Crippen LogP contribution in [0.4, 0.5) is 0 Å². The van der Waals surface area contributed by atoms with Crippen molar-refractivity contribution in [3.05, 3.63) is 125 Å². The maximum atomic E-state index is 13.4. The molecule has 4 aromatic carbocycles. The molecule has 42 heavy (non-hydrogen) atoms. The third kappa shape index (κ3) is 6.52. The van der Waals surface area contributed by atoms with Gasteiger partial charge in [0.1, 0.15) is 11.6 Å². The zero-order valence-electron chi connectivity index (χ0n) is 24.0. The lowest BCUT2D eigenvalue weighted by Crippen LogP contribution is -2.43. The number of rotatable bonds is 11. The summed E-state index contributed by atoms with van der Waals surface area (Å²) in [6, 6.07) is 32.9. The van der Waals surface area contributed by atoms with Gasteiger partial charge in [-0.2, -0.15) is 0 Å². The molecule has 1 amide bonds. The van der Waals surface area contributed by atoms with Gasteiger partial charge < -0.3 is 19.9 Å². The van der Waals surface area contributed by atoms with Gasteiger partial charge in [-0.1, -0.05) is 84.9 Å². The van der Waals surface area contributed by atoms with E-state index in [2.05, 4.69) is 94.1 Å². The molecular formula is C35H37N5O2. The Morgan fingerprint density at radius 1 is 0.905 bits per heavy atom. The van der Waals surface area contributed by atoms with Gasteiger partial charge in [0.05, 0.1) is 25.7 Å². The van der Waals surface area contributed by atoms with Gasteiger partial charge in [-0.15, -0.1) is 10.2 Å². The molecule has 214 valence electrons. The number of carbonyl (C=O) groups is 1. The first kappa shape index (κ1) is 27.7. The fourth-order valence-corrected chi connectivity index (χ4v) is 5.77. The number of amides is 1. The van der Waals surface area contributed by atoms with Crippen LogP contribution in [0.3, 0.4) is 0 Å². The lowest BCUT2D eigenvalue weighted by atomic mass is 10.0. The van der Waals surface area contributed by atoms with E-state index < -0.39 is 0 Å². The lowest BCUT2D eigenvalue weighted by molar-refractivity contribution is -0.123. The van der Waals surface area contributed by atoms with E-state index in [1.165, 1.54) is 16.3 Å². The Morgan fingerprint density at radius 2 is 1.67 bits per heavy atom. The fraction of sp³-hybridized carbons (Fsp3) is 0.286. The summed E-state index contributed by atoms with van der Waals surface area (Å²) in [6.07, 6.45) is 4.06. The quantitative estimate of drug-likeness (QED) is 0.226. The predicted molar refractivity (Wildman–Crippen MR) is 166 cm³/mol. The number of aryl methyl sites for hydroxylation is 2. The fourth-order valence-electron chi connectivity index (χ4n) is 5.77. The first-order valence-corrected chi connectivity index (χ1v) is 14.8. The summed E-state index contributed by atoms with van der Waals surface area (Å²) in [5, 5.41) is 18.5. The molecule has 7 nitrogen and oxygen atoms in total. The predicted octanol–water partition coefficient (Wildman–Crippen LogP) is 5.43. The Hall–Kier alpha value is -4.49. The van der Waals surface area contributed by atoms with E-state index in [-0.39, 0.29) is 18.0 Å². The molecule has 5 aromatic rings. The Morgan fingerprint density at radius 3 is 2.43 bits per heavy atom. The first-order valence-electron chi connectivity index (χ1n) is 14.8. The van der Waals surface area contributed by atoms with E-state index in [1.54, 1.807) is 7.11 Å². The number of nitrogens with one attached hydrogen (secondary N) is 2. The summed E-state index contributed by atoms with van der Waals surface area (Å²) in [5.41, 5.74) is 3.51. The van der Waals surface area contributed by atoms with Crippen molar-refractivity contribution in [2.45, 2.75) is 50.7 Å². The van der Waals surface area contributed by atoms with Crippen LogP contribution >= 0.6 is 0 Å². The van der Waals surface area contributed by atoms with Crippen molar-refractivity contribution < 1.29 is 9.53 Å². The second kappa shape index (κ2) is 13.0. The van der Waals surface area contributed by atoms with Gasteiger partial charge >= 0.3 is 0 Å². The molecular weight excluding hydrogens is 522 g/mol. The highest BCUT2D eigenvalue weighted by molar-refractivity contribution is 5.83. The number of ether oxygens (including phenoxy) is 1. The Labute approximate surface area is 246 Å². The standard InChI is InChI=1S/C35H37N5O2/c1-42-30-18-14-26(15-19-30)24-40-33(20-16-25-8-3-2-4-9-25)38-39-34(40)32(37-35(41)31-12-7-21-36-31)23-27-13-17-28-10-5-6-11-29(28)22-27/h2-6,8-11,13-15,17-19,22,31-32,36H,7,12,16,20-21,23-24H2,1H3,(H,37,41)/t31?,32-/m1/s1. The summed E-state index contributed by atoms with van der Waals surface area (Å²) in [5.74, 6) is 2.51. The van der Waals surface area contributed by atoms with Crippen LogP contribution in [0, 0.1) is 0 Å². The number of aromatic nitrogens is 3. The molecule has 1 aromatic heterocycles. The van der Waals surface area contributed by atoms with Crippen molar-refractivity contribution in [1.82, 2.24) is 25.4 Å². The highest BCUT2D eigenvalue weighted by Gasteiger charge is 2.28. The van der Waals surface area contributed by atoms with Gasteiger partial charge in [0.25, 0.3) is 0 Å². The van der Waals surface area contributed by atoms with Crippen LogP contribution in [-0.4, -0.2) is 40.4 Å². The van der Waals surface area contributed by atoms with Crippen molar-refractivity contribution in [2.75, 3.05) is 13.7 Å². The maximum absolute atomic E-state index is 13.4. The van der Waals surface area contributed by atoms with Crippen LogP contribution in [0.2, 0.25) is 0 Å². The molecule has 2 N–H and O–H groups in total. The van der Waals surface area contributed by atoms with Crippen LogP contribution in [0.25, 0.3) is 10.8 Å². The molecule has 1 saturated heterocycles. The normalized spacial score (nSPS) is 15.5. The van der Waals surface area contributed by atoms with E-state index in [4.69, 9.17) is 14.9 Å². The zero-order chi connectivity index (χ0) is 28.7. The summed E-state index contributed by atoms with van der Waals surface area (Å²) < 4.78 is 7.58. The molecule has 0 radical (unpaired) electrons. The SMILES string of the molecule is COc1ccc(Cn2c(CCc3ccccc3)nnc2[C@@H](Cc2ccc3ccccc3c2)NC(=O)C2CCCN2)cc1. The largest absolute Gasteiger partial charge is 0.497 e. The lowest BCUT2D eigenvalue weighted by Gasteiger charge is -2.22. The Bertz CT molecular complexity index is 1620. The second-order valence-electron chi connectivity index (χ2n) is 11.0. The van der Waals surface area contributed by atoms with Gasteiger partial charge in [0.15, 0.2) is 5.82 Å². The average Bonchev–Trinajstić information content (AvgIpc) is 3.72. The smallest absolute Gasteiger partial charge is 0.237 e. The van der Waals surface area contributed by atoms with Gasteiger partial charge in [-0.25, -0.2) is 0 Å². The molecule has 0 aliphatic carbocycles. The number of nitrogens with zero attached hydrogens (tertiary/aromatic N) is 3. The number of hydrogen-bond acceptors (Lipinski definition) is 5. The number of carbonyl (C=O) groups excluding carboxylic acids is 1. The van der Waals surface area contributed by atoms with Crippen LogP contribution in [-0.2, 0) is 30.6 Å². The second-order valence-corrected chi connectivity index (χ2v) is 11.0. The van der Waals surface area contributed by atoms with E-state index in [0.29, 0.717) is 13.0 Å². The summed E-state index contributed by atoms with van der Waals surface area (Å²) in [7, 11) is 1.67. The van der Waals surface area contributed by atoms with Gasteiger partial charge in [-0.3, -0.25) is 4.79 Å². The monoisotopic (exact) mass is 559 g/mol. The third-order valence-electron chi connectivity index (χ3n) is 8.09. The average molecular weight is 560 g/mol. The maximum Gasteiger partial charge on any atom is 0.237 e. The molecule has 7 heteroatoms. The van der Waals surface area contributed by atoms with Crippen LogP contribution in [0.15, 0.2) is 97.1 Å². The molecule has 0 bridgehead atoms. The van der Waals surface area contributed by atoms with E-state index >= 15 is 0 Å². The van der Waals surface area contributed by atoms with E-state index in [9.17, 15) is 4.79 Å². The van der Waals surface area contributed by atoms with Crippen molar-refractivity contribution in [3.8, 4) is 5.75 Å². The van der Waals surface area contributed by atoms with Crippen LogP contribution in [0.1, 0.15) is 47.2 Å². The molecule has 0 spiro atoms. The topological polar surface area (TPSA) is 81.1 Å². The summed E-state index contributed by atoms with van der Waals surface area (Å²) in [4.78, 5) is 13.4. The number of benzene rings is 4. The first-order chi connectivity index (χ1) is 20.7. The molecule has 2 heterocycles. The number of methoxy groups -OCH3 is 1. The molecule has 1 aliphatic heterocycles. The molecule has 1 aliphatic rings. The molecule has 0 saturated carbocycles.